The minimum atomic E-state index is -0.627. The van der Waals surface area contributed by atoms with Gasteiger partial charge in [0, 0.05) is 9.35 Å². The van der Waals surface area contributed by atoms with E-state index in [9.17, 15) is 5.11 Å². The summed E-state index contributed by atoms with van der Waals surface area (Å²) in [6.45, 7) is 0. The van der Waals surface area contributed by atoms with Crippen molar-refractivity contribution in [3.8, 4) is 5.75 Å². The van der Waals surface area contributed by atoms with E-state index in [1.807, 2.05) is 30.3 Å². The van der Waals surface area contributed by atoms with Crippen LogP contribution in [0, 0.1) is 0 Å². The van der Waals surface area contributed by atoms with Gasteiger partial charge in [0.05, 0.1) is 10.9 Å². The first-order chi connectivity index (χ1) is 8.11. The van der Waals surface area contributed by atoms with Crippen LogP contribution in [0.15, 0.2) is 38.6 Å². The van der Waals surface area contributed by atoms with Gasteiger partial charge in [-0.2, -0.15) is 0 Å². The monoisotopic (exact) mass is 376 g/mol. The highest BCUT2D eigenvalue weighted by molar-refractivity contribution is 9.13. The maximum Gasteiger partial charge on any atom is 0.119 e. The molecule has 0 saturated heterocycles. The van der Waals surface area contributed by atoms with E-state index in [1.165, 1.54) is 11.3 Å². The van der Waals surface area contributed by atoms with Crippen LogP contribution < -0.4 is 4.74 Å². The number of rotatable bonds is 3. The molecule has 0 spiro atoms. The summed E-state index contributed by atoms with van der Waals surface area (Å²) in [6, 6.07) is 9.37. The van der Waals surface area contributed by atoms with Gasteiger partial charge in [0.1, 0.15) is 11.9 Å². The summed E-state index contributed by atoms with van der Waals surface area (Å²) < 4.78 is 7.08. The van der Waals surface area contributed by atoms with Crippen LogP contribution in [0.4, 0.5) is 0 Å². The van der Waals surface area contributed by atoms with Crippen molar-refractivity contribution in [2.75, 3.05) is 7.11 Å². The van der Waals surface area contributed by atoms with Crippen molar-refractivity contribution in [1.82, 2.24) is 0 Å². The molecule has 0 radical (unpaired) electrons. The number of hydrogen-bond acceptors (Lipinski definition) is 3. The van der Waals surface area contributed by atoms with Crippen molar-refractivity contribution in [2.45, 2.75) is 6.10 Å². The molecule has 0 saturated carbocycles. The third kappa shape index (κ3) is 2.91. The van der Waals surface area contributed by atoms with Crippen molar-refractivity contribution in [3.05, 3.63) is 49.0 Å². The number of aliphatic hydroxyl groups excluding tert-OH is 1. The lowest BCUT2D eigenvalue weighted by atomic mass is 10.1. The number of methoxy groups -OCH3 is 1. The van der Waals surface area contributed by atoms with Crippen LogP contribution in [-0.4, -0.2) is 12.2 Å². The zero-order chi connectivity index (χ0) is 12.4. The van der Waals surface area contributed by atoms with Crippen molar-refractivity contribution >= 4 is 43.2 Å². The highest BCUT2D eigenvalue weighted by Crippen LogP contribution is 2.37. The predicted octanol–water partition coefficient (Wildman–Crippen LogP) is 4.36. The van der Waals surface area contributed by atoms with Gasteiger partial charge in [-0.3, -0.25) is 0 Å². The Kier molecular flexibility index (Phi) is 4.25. The van der Waals surface area contributed by atoms with Gasteiger partial charge in [-0.05, 0) is 55.6 Å². The van der Waals surface area contributed by atoms with Crippen LogP contribution in [0.2, 0.25) is 0 Å². The Labute approximate surface area is 121 Å². The first kappa shape index (κ1) is 13.1. The predicted molar refractivity (Wildman–Crippen MR) is 76.8 cm³/mol. The molecular weight excluding hydrogens is 368 g/mol. The first-order valence-electron chi connectivity index (χ1n) is 4.88. The minimum absolute atomic E-state index is 0.627. The standard InChI is InChI=1S/C12H10Br2O2S/c1-16-8-4-2-3-7(5-8)11(15)10-6-9(13)12(14)17-10/h2-6,11,15H,1H3. The molecule has 2 aromatic rings. The van der Waals surface area contributed by atoms with Gasteiger partial charge in [-0.25, -0.2) is 0 Å². The van der Waals surface area contributed by atoms with Crippen molar-refractivity contribution in [2.24, 2.45) is 0 Å². The first-order valence-corrected chi connectivity index (χ1v) is 7.29. The van der Waals surface area contributed by atoms with E-state index in [1.54, 1.807) is 7.11 Å². The molecule has 17 heavy (non-hydrogen) atoms. The summed E-state index contributed by atoms with van der Waals surface area (Å²) in [7, 11) is 1.61. The molecule has 2 nitrogen and oxygen atoms in total. The molecule has 5 heteroatoms. The van der Waals surface area contributed by atoms with Crippen LogP contribution in [0.25, 0.3) is 0 Å². The molecule has 0 aliphatic heterocycles. The van der Waals surface area contributed by atoms with E-state index < -0.39 is 6.10 Å². The van der Waals surface area contributed by atoms with Crippen LogP contribution in [0.5, 0.6) is 5.75 Å². The lowest BCUT2D eigenvalue weighted by Crippen LogP contribution is -1.97. The molecule has 2 rings (SSSR count). The van der Waals surface area contributed by atoms with Gasteiger partial charge < -0.3 is 9.84 Å². The van der Waals surface area contributed by atoms with Crippen molar-refractivity contribution < 1.29 is 9.84 Å². The van der Waals surface area contributed by atoms with E-state index in [-0.39, 0.29) is 0 Å². The van der Waals surface area contributed by atoms with Gasteiger partial charge in [0.2, 0.25) is 0 Å². The van der Waals surface area contributed by atoms with Gasteiger partial charge in [0.15, 0.2) is 0 Å². The average molecular weight is 378 g/mol. The Morgan fingerprint density at radius 1 is 1.29 bits per heavy atom. The van der Waals surface area contributed by atoms with Gasteiger partial charge in [0.25, 0.3) is 0 Å². The van der Waals surface area contributed by atoms with Gasteiger partial charge in [-0.15, -0.1) is 11.3 Å². The lowest BCUT2D eigenvalue weighted by molar-refractivity contribution is 0.223. The van der Waals surface area contributed by atoms with E-state index >= 15 is 0 Å². The maximum absolute atomic E-state index is 10.3. The average Bonchev–Trinajstić information content (AvgIpc) is 2.69. The molecule has 1 N–H and O–H groups in total. The summed E-state index contributed by atoms with van der Waals surface area (Å²) in [5.41, 5.74) is 0.825. The SMILES string of the molecule is COc1cccc(C(O)c2cc(Br)c(Br)s2)c1. The second kappa shape index (κ2) is 5.52. The Hall–Kier alpha value is -0.360. The molecule has 1 aromatic carbocycles. The Morgan fingerprint density at radius 2 is 2.06 bits per heavy atom. The fourth-order valence-corrected chi connectivity index (χ4v) is 3.58. The Balaban J connectivity index is 2.32. The molecule has 1 atom stereocenters. The van der Waals surface area contributed by atoms with Crippen molar-refractivity contribution in [1.29, 1.82) is 0 Å². The summed E-state index contributed by atoms with van der Waals surface area (Å²) in [5.74, 6) is 0.747. The van der Waals surface area contributed by atoms with Crippen LogP contribution >= 0.6 is 43.2 Å². The van der Waals surface area contributed by atoms with Crippen LogP contribution in [0.1, 0.15) is 16.5 Å². The Bertz CT molecular complexity index is 505. The minimum Gasteiger partial charge on any atom is -0.497 e. The molecule has 1 heterocycles. The summed E-state index contributed by atoms with van der Waals surface area (Å²) in [5, 5.41) is 10.3. The number of hydrogen-bond donors (Lipinski definition) is 1. The molecule has 0 aliphatic rings. The largest absolute Gasteiger partial charge is 0.497 e. The van der Waals surface area contributed by atoms with E-state index in [0.717, 1.165) is 24.4 Å². The Morgan fingerprint density at radius 3 is 2.65 bits per heavy atom. The summed E-state index contributed by atoms with van der Waals surface area (Å²) in [6.07, 6.45) is -0.627. The van der Waals surface area contributed by atoms with Crippen LogP contribution in [-0.2, 0) is 0 Å². The molecule has 0 fully saturated rings. The van der Waals surface area contributed by atoms with Gasteiger partial charge >= 0.3 is 0 Å². The maximum atomic E-state index is 10.3. The third-order valence-electron chi connectivity index (χ3n) is 2.34. The number of thiophene rings is 1. The van der Waals surface area contributed by atoms with Gasteiger partial charge in [-0.1, -0.05) is 12.1 Å². The van der Waals surface area contributed by atoms with Crippen molar-refractivity contribution in [3.63, 3.8) is 0 Å². The lowest BCUT2D eigenvalue weighted by Gasteiger charge is -2.10. The molecule has 0 aliphatic carbocycles. The smallest absolute Gasteiger partial charge is 0.119 e. The molecule has 0 bridgehead atoms. The molecule has 0 amide bonds. The molecule has 1 aromatic heterocycles. The summed E-state index contributed by atoms with van der Waals surface area (Å²) in [4.78, 5) is 0.886. The number of aliphatic hydroxyl groups is 1. The normalized spacial score (nSPS) is 12.5. The molecule has 1 unspecified atom stereocenters. The van der Waals surface area contributed by atoms with E-state index in [0.29, 0.717) is 0 Å². The van der Waals surface area contributed by atoms with E-state index in [4.69, 9.17) is 4.74 Å². The zero-order valence-corrected chi connectivity index (χ0v) is 13.0. The zero-order valence-electron chi connectivity index (χ0n) is 8.98. The second-order valence-electron chi connectivity index (χ2n) is 3.45. The topological polar surface area (TPSA) is 29.5 Å². The molecular formula is C12H10Br2O2S. The molecule has 90 valence electrons. The van der Waals surface area contributed by atoms with Crippen LogP contribution in [0.3, 0.4) is 0 Å². The number of benzene rings is 1. The highest BCUT2D eigenvalue weighted by Gasteiger charge is 2.15. The summed E-state index contributed by atoms with van der Waals surface area (Å²) >= 11 is 8.34. The quantitative estimate of drug-likeness (QED) is 0.860. The van der Waals surface area contributed by atoms with E-state index in [2.05, 4.69) is 31.9 Å². The third-order valence-corrected chi connectivity index (χ3v) is 5.65. The number of halogens is 2. The highest BCUT2D eigenvalue weighted by atomic mass is 79.9. The second-order valence-corrected chi connectivity index (χ2v) is 6.71. The number of ether oxygens (including phenoxy) is 1. The fourth-order valence-electron chi connectivity index (χ4n) is 1.47. The fraction of sp³-hybridized carbons (Fsp3) is 0.167.